The molecule has 0 amide bonds. The largest absolute Gasteiger partial charge is 0.462 e. The molecule has 1 aromatic rings. The molecule has 0 N–H and O–H groups in total. The highest BCUT2D eigenvalue weighted by atomic mass is 16.6. The Bertz CT molecular complexity index is 531. The highest BCUT2D eigenvalue weighted by Crippen LogP contribution is 2.29. The second-order valence-corrected chi connectivity index (χ2v) is 4.67. The van der Waals surface area contributed by atoms with Crippen LogP contribution >= 0.6 is 0 Å². The van der Waals surface area contributed by atoms with Gasteiger partial charge in [0.2, 0.25) is 0 Å². The number of cyclic esters (lactones) is 1. The summed E-state index contributed by atoms with van der Waals surface area (Å²) in [6, 6.07) is 6.98. The fourth-order valence-corrected chi connectivity index (χ4v) is 2.04. The molecule has 0 atom stereocenters. The summed E-state index contributed by atoms with van der Waals surface area (Å²) in [5, 5.41) is 0. The topological polar surface area (TPSA) is 52.6 Å². The number of carbonyl (C=O) groups is 2. The molecule has 0 fully saturated rings. The molecule has 0 aromatic heterocycles. The summed E-state index contributed by atoms with van der Waals surface area (Å²) < 4.78 is 10.2. The maximum atomic E-state index is 11.7. The van der Waals surface area contributed by atoms with Crippen LogP contribution in [0.3, 0.4) is 0 Å². The molecule has 106 valence electrons. The molecule has 1 heterocycles. The van der Waals surface area contributed by atoms with Crippen molar-refractivity contribution in [3.8, 4) is 0 Å². The number of carbonyl (C=O) groups excluding carboxylic acids is 2. The third-order valence-corrected chi connectivity index (χ3v) is 3.11. The highest BCUT2D eigenvalue weighted by molar-refractivity contribution is 6.05. The van der Waals surface area contributed by atoms with Gasteiger partial charge in [-0.15, -0.1) is 0 Å². The molecular formula is C16H18O4. The summed E-state index contributed by atoms with van der Waals surface area (Å²) in [6.45, 7) is 2.53. The van der Waals surface area contributed by atoms with E-state index >= 15 is 0 Å². The predicted octanol–water partition coefficient (Wildman–Crippen LogP) is 3.32. The molecular weight excluding hydrogens is 256 g/mol. The molecule has 20 heavy (non-hydrogen) atoms. The number of ether oxygens (including phenoxy) is 2. The van der Waals surface area contributed by atoms with Crippen molar-refractivity contribution in [1.29, 1.82) is 0 Å². The lowest BCUT2D eigenvalue weighted by molar-refractivity contribution is -0.137. The van der Waals surface area contributed by atoms with Gasteiger partial charge in [0.15, 0.2) is 0 Å². The van der Waals surface area contributed by atoms with Gasteiger partial charge in [0.1, 0.15) is 5.76 Å². The van der Waals surface area contributed by atoms with Crippen LogP contribution in [0.25, 0.3) is 5.76 Å². The lowest BCUT2D eigenvalue weighted by Gasteiger charge is -2.02. The summed E-state index contributed by atoms with van der Waals surface area (Å²) in [7, 11) is 0. The molecule has 0 radical (unpaired) electrons. The Morgan fingerprint density at radius 3 is 2.70 bits per heavy atom. The van der Waals surface area contributed by atoms with Gasteiger partial charge in [0, 0.05) is 5.56 Å². The molecule has 1 aliphatic heterocycles. The van der Waals surface area contributed by atoms with Gasteiger partial charge in [-0.25, -0.2) is 9.59 Å². The normalized spacial score (nSPS) is 15.1. The third kappa shape index (κ3) is 3.47. The van der Waals surface area contributed by atoms with E-state index in [1.807, 2.05) is 0 Å². The summed E-state index contributed by atoms with van der Waals surface area (Å²) in [5.41, 5.74) is 1.12. The van der Waals surface area contributed by atoms with E-state index in [1.54, 1.807) is 24.3 Å². The van der Waals surface area contributed by atoms with Gasteiger partial charge in [0.05, 0.1) is 18.2 Å². The number of hydrogen-bond acceptors (Lipinski definition) is 4. The highest BCUT2D eigenvalue weighted by Gasteiger charge is 2.26. The monoisotopic (exact) mass is 274 g/mol. The van der Waals surface area contributed by atoms with Crippen LogP contribution in [0.15, 0.2) is 30.3 Å². The Hall–Kier alpha value is -2.10. The Morgan fingerprint density at radius 1 is 1.20 bits per heavy atom. The van der Waals surface area contributed by atoms with Crippen molar-refractivity contribution in [3.05, 3.63) is 41.5 Å². The number of benzene rings is 1. The predicted molar refractivity (Wildman–Crippen MR) is 74.9 cm³/mol. The molecule has 4 heteroatoms. The fraction of sp³-hybridized carbons (Fsp3) is 0.375. The first-order valence-electron chi connectivity index (χ1n) is 6.92. The average molecular weight is 274 g/mol. The standard InChI is InChI=1S/C16H18O4/c1-2-3-4-7-10-19-15(17)11-14-12-8-5-6-9-13(12)16(18)20-14/h5-6,8-9,11H,2-4,7,10H2,1H3/b14-11+. The smallest absolute Gasteiger partial charge is 0.344 e. The maximum Gasteiger partial charge on any atom is 0.344 e. The molecule has 1 aromatic carbocycles. The first-order valence-corrected chi connectivity index (χ1v) is 6.92. The van der Waals surface area contributed by atoms with Crippen LogP contribution in [0.5, 0.6) is 0 Å². The van der Waals surface area contributed by atoms with Crippen molar-refractivity contribution in [2.45, 2.75) is 32.6 Å². The molecule has 4 nitrogen and oxygen atoms in total. The minimum Gasteiger partial charge on any atom is -0.462 e. The van der Waals surface area contributed by atoms with E-state index in [9.17, 15) is 9.59 Å². The fourth-order valence-electron chi connectivity index (χ4n) is 2.04. The van der Waals surface area contributed by atoms with E-state index < -0.39 is 11.9 Å². The minimum atomic E-state index is -0.471. The zero-order valence-corrected chi connectivity index (χ0v) is 11.6. The molecule has 0 saturated heterocycles. The summed E-state index contributed by atoms with van der Waals surface area (Å²) in [4.78, 5) is 23.2. The van der Waals surface area contributed by atoms with E-state index in [1.165, 1.54) is 6.08 Å². The molecule has 0 bridgehead atoms. The molecule has 0 spiro atoms. The summed E-state index contributed by atoms with van der Waals surface area (Å²) in [6.07, 6.45) is 5.44. The SMILES string of the molecule is CCCCCCOC(=O)/C=C1/OC(=O)c2ccccc21. The van der Waals surface area contributed by atoms with Gasteiger partial charge in [-0.2, -0.15) is 0 Å². The first-order chi connectivity index (χ1) is 9.72. The van der Waals surface area contributed by atoms with Crippen molar-refractivity contribution in [2.75, 3.05) is 6.61 Å². The van der Waals surface area contributed by atoms with Gasteiger partial charge in [-0.3, -0.25) is 0 Å². The molecule has 0 saturated carbocycles. The molecule has 0 aliphatic carbocycles. The van der Waals surface area contributed by atoms with Crippen LogP contribution < -0.4 is 0 Å². The van der Waals surface area contributed by atoms with Crippen molar-refractivity contribution in [2.24, 2.45) is 0 Å². The van der Waals surface area contributed by atoms with Crippen LogP contribution in [0, 0.1) is 0 Å². The van der Waals surface area contributed by atoms with Crippen LogP contribution in [0.2, 0.25) is 0 Å². The van der Waals surface area contributed by atoms with Gasteiger partial charge >= 0.3 is 11.9 Å². The van der Waals surface area contributed by atoms with Crippen molar-refractivity contribution >= 4 is 17.7 Å². The Balaban J connectivity index is 1.92. The van der Waals surface area contributed by atoms with Crippen LogP contribution in [0.1, 0.15) is 48.5 Å². The number of hydrogen-bond donors (Lipinski definition) is 0. The van der Waals surface area contributed by atoms with E-state index in [0.29, 0.717) is 17.7 Å². The zero-order valence-electron chi connectivity index (χ0n) is 11.6. The summed E-state index contributed by atoms with van der Waals surface area (Å²) >= 11 is 0. The van der Waals surface area contributed by atoms with Crippen molar-refractivity contribution < 1.29 is 19.1 Å². The van der Waals surface area contributed by atoms with E-state index in [2.05, 4.69) is 6.92 Å². The van der Waals surface area contributed by atoms with Gasteiger partial charge in [0.25, 0.3) is 0 Å². The Labute approximate surface area is 118 Å². The second kappa shape index (κ2) is 6.89. The first kappa shape index (κ1) is 14.3. The molecule has 1 aliphatic rings. The van der Waals surface area contributed by atoms with Crippen molar-refractivity contribution in [1.82, 2.24) is 0 Å². The van der Waals surface area contributed by atoms with Gasteiger partial charge in [-0.1, -0.05) is 44.4 Å². The Morgan fingerprint density at radius 2 is 1.95 bits per heavy atom. The number of fused-ring (bicyclic) bond motifs is 1. The Kier molecular flexibility index (Phi) is 4.93. The number of esters is 2. The lowest BCUT2D eigenvalue weighted by Crippen LogP contribution is -2.03. The lowest BCUT2D eigenvalue weighted by atomic mass is 10.1. The summed E-state index contributed by atoms with van der Waals surface area (Å²) in [5.74, 6) is -0.632. The van der Waals surface area contributed by atoms with Crippen LogP contribution in [-0.2, 0) is 14.3 Å². The quantitative estimate of drug-likeness (QED) is 0.453. The zero-order chi connectivity index (χ0) is 14.4. The van der Waals surface area contributed by atoms with Crippen LogP contribution in [0.4, 0.5) is 0 Å². The second-order valence-electron chi connectivity index (χ2n) is 4.67. The number of unbranched alkanes of at least 4 members (excludes halogenated alkanes) is 3. The maximum absolute atomic E-state index is 11.7. The molecule has 2 rings (SSSR count). The van der Waals surface area contributed by atoms with Gasteiger partial charge < -0.3 is 9.47 Å². The average Bonchev–Trinajstić information content (AvgIpc) is 2.76. The van der Waals surface area contributed by atoms with Gasteiger partial charge in [-0.05, 0) is 12.5 Å². The molecule has 0 unspecified atom stereocenters. The van der Waals surface area contributed by atoms with Crippen LogP contribution in [-0.4, -0.2) is 18.5 Å². The van der Waals surface area contributed by atoms with E-state index in [0.717, 1.165) is 25.7 Å². The minimum absolute atomic E-state index is 0.268. The van der Waals surface area contributed by atoms with E-state index in [4.69, 9.17) is 9.47 Å². The van der Waals surface area contributed by atoms with E-state index in [-0.39, 0.29) is 5.76 Å². The van der Waals surface area contributed by atoms with Crippen molar-refractivity contribution in [3.63, 3.8) is 0 Å². The number of rotatable bonds is 6. The third-order valence-electron chi connectivity index (χ3n) is 3.11.